The van der Waals surface area contributed by atoms with Gasteiger partial charge in [0.05, 0.1) is 0 Å². The minimum Gasteiger partial charge on any atom is -0.0617 e. The van der Waals surface area contributed by atoms with E-state index < -0.39 is 0 Å². The van der Waals surface area contributed by atoms with Gasteiger partial charge >= 0.3 is 0 Å². The van der Waals surface area contributed by atoms with Crippen LogP contribution in [0, 0.1) is 35.5 Å². The summed E-state index contributed by atoms with van der Waals surface area (Å²) in [7, 11) is 0. The third-order valence-electron chi connectivity index (χ3n) is 9.73. The van der Waals surface area contributed by atoms with E-state index in [2.05, 4.69) is 220 Å². The predicted molar refractivity (Wildman–Crippen MR) is 228 cm³/mol. The molecule has 0 spiro atoms. The lowest BCUT2D eigenvalue weighted by Gasteiger charge is -2.12. The molecule has 0 atom stereocenters. The van der Waals surface area contributed by atoms with Crippen molar-refractivity contribution >= 4 is 0 Å². The molecule has 0 heteroatoms. The van der Waals surface area contributed by atoms with E-state index in [0.29, 0.717) is 0 Å². The number of aryl methyl sites for hydroxylation is 3. The first-order valence-electron chi connectivity index (χ1n) is 18.8. The van der Waals surface area contributed by atoms with Crippen molar-refractivity contribution in [2.45, 2.75) is 40.0 Å². The van der Waals surface area contributed by atoms with Crippen molar-refractivity contribution in [3.63, 3.8) is 0 Å². The Bertz CT molecular complexity index is 2230. The van der Waals surface area contributed by atoms with Gasteiger partial charge in [0.15, 0.2) is 0 Å². The van der Waals surface area contributed by atoms with Gasteiger partial charge in [-0.25, -0.2) is 0 Å². The van der Waals surface area contributed by atoms with E-state index in [1.807, 2.05) is 0 Å². The summed E-state index contributed by atoms with van der Waals surface area (Å²) >= 11 is 0. The summed E-state index contributed by atoms with van der Waals surface area (Å²) in [4.78, 5) is 0. The summed E-state index contributed by atoms with van der Waals surface area (Å²) in [5.41, 5.74) is 16.9. The molecule has 0 aliphatic carbocycles. The maximum absolute atomic E-state index is 3.34. The molecule has 0 saturated carbocycles. The molecule has 7 rings (SSSR count). The average molecular weight is 691 g/mol. The van der Waals surface area contributed by atoms with Gasteiger partial charge < -0.3 is 0 Å². The molecular weight excluding hydrogens is 649 g/mol. The van der Waals surface area contributed by atoms with Crippen molar-refractivity contribution in [2.75, 3.05) is 0 Å². The number of hydrogen-bond acceptors (Lipinski definition) is 0. The molecular formula is C54H42. The second-order valence-corrected chi connectivity index (χ2v) is 13.4. The van der Waals surface area contributed by atoms with Gasteiger partial charge in [0, 0.05) is 33.4 Å². The fraction of sp³-hybridized carbons (Fsp3) is 0.111. The van der Waals surface area contributed by atoms with Crippen molar-refractivity contribution in [3.05, 3.63) is 214 Å². The van der Waals surface area contributed by atoms with Crippen molar-refractivity contribution in [1.82, 2.24) is 0 Å². The molecule has 0 aliphatic rings. The van der Waals surface area contributed by atoms with Crippen LogP contribution in [0.1, 0.15) is 70.8 Å². The van der Waals surface area contributed by atoms with Crippen LogP contribution >= 0.6 is 0 Å². The Morgan fingerprint density at radius 2 is 0.426 bits per heavy atom. The molecule has 0 fully saturated rings. The SMILES string of the molecule is CCc1ccc(C#Cc2ccc(-c3cc(-c4ccc(C#Cc5ccc(CC)cc5)cc4)cc(-c4ccc(C#Cc5ccc(CC)cc5)cc4)c3)cc2)cc1. The van der Waals surface area contributed by atoms with Crippen LogP contribution in [0.3, 0.4) is 0 Å². The largest absolute Gasteiger partial charge is 0.0617 e. The molecule has 0 aromatic heterocycles. The Balaban J connectivity index is 1.18. The van der Waals surface area contributed by atoms with E-state index in [4.69, 9.17) is 0 Å². The van der Waals surface area contributed by atoms with Crippen LogP contribution in [0.25, 0.3) is 33.4 Å². The molecule has 0 saturated heterocycles. The summed E-state index contributed by atoms with van der Waals surface area (Å²) in [6.45, 7) is 6.50. The number of rotatable bonds is 6. The molecule has 258 valence electrons. The van der Waals surface area contributed by atoms with E-state index in [1.165, 1.54) is 16.7 Å². The van der Waals surface area contributed by atoms with Crippen LogP contribution in [-0.2, 0) is 19.3 Å². The molecule has 0 bridgehead atoms. The molecule has 0 aliphatic heterocycles. The van der Waals surface area contributed by atoms with Crippen LogP contribution in [0.15, 0.2) is 164 Å². The van der Waals surface area contributed by atoms with Gasteiger partial charge in [0.25, 0.3) is 0 Å². The van der Waals surface area contributed by atoms with Crippen molar-refractivity contribution < 1.29 is 0 Å². The lowest BCUT2D eigenvalue weighted by atomic mass is 9.92. The first-order valence-corrected chi connectivity index (χ1v) is 18.8. The fourth-order valence-corrected chi connectivity index (χ4v) is 6.27. The standard InChI is InChI=1S/C54H42/c1-4-40-7-13-43(14-8-40)19-22-46-25-31-49(32-26-46)52-37-53(50-33-27-47(28-34-50)23-20-44-15-9-41(5-2)10-16-44)39-54(38-52)51-35-29-48(30-36-51)24-21-45-17-11-42(6-3)12-18-45/h7-18,25-39H,4-6H2,1-3H3. The first kappa shape index (κ1) is 35.6. The normalized spacial score (nSPS) is 10.3. The van der Waals surface area contributed by atoms with Crippen molar-refractivity contribution in [3.8, 4) is 68.9 Å². The van der Waals surface area contributed by atoms with Crippen LogP contribution in [-0.4, -0.2) is 0 Å². The van der Waals surface area contributed by atoms with Gasteiger partial charge in [0.2, 0.25) is 0 Å². The zero-order chi connectivity index (χ0) is 37.1. The molecule has 0 radical (unpaired) electrons. The van der Waals surface area contributed by atoms with Crippen LogP contribution in [0.5, 0.6) is 0 Å². The van der Waals surface area contributed by atoms with Crippen molar-refractivity contribution in [1.29, 1.82) is 0 Å². The molecule has 0 N–H and O–H groups in total. The molecule has 7 aromatic rings. The van der Waals surface area contributed by atoms with Gasteiger partial charge in [-0.3, -0.25) is 0 Å². The minimum atomic E-state index is 0.991. The van der Waals surface area contributed by atoms with Gasteiger partial charge in [-0.2, -0.15) is 0 Å². The highest BCUT2D eigenvalue weighted by molar-refractivity contribution is 5.81. The highest BCUT2D eigenvalue weighted by Gasteiger charge is 2.08. The molecule has 7 aromatic carbocycles. The minimum absolute atomic E-state index is 0.991. The molecule has 0 unspecified atom stereocenters. The zero-order valence-corrected chi connectivity index (χ0v) is 31.2. The van der Waals surface area contributed by atoms with E-state index in [-0.39, 0.29) is 0 Å². The van der Waals surface area contributed by atoms with Gasteiger partial charge in [-0.05, 0) is 160 Å². The summed E-state index contributed by atoms with van der Waals surface area (Å²) in [6.07, 6.45) is 3.09. The monoisotopic (exact) mass is 690 g/mol. The average Bonchev–Trinajstić information content (AvgIpc) is 3.25. The highest BCUT2D eigenvalue weighted by atomic mass is 14.1. The molecule has 0 nitrogen and oxygen atoms in total. The van der Waals surface area contributed by atoms with Crippen LogP contribution in [0.2, 0.25) is 0 Å². The second kappa shape index (κ2) is 17.2. The first-order chi connectivity index (χ1) is 26.5. The Kier molecular flexibility index (Phi) is 11.3. The van der Waals surface area contributed by atoms with E-state index in [9.17, 15) is 0 Å². The maximum atomic E-state index is 3.34. The number of hydrogen-bond donors (Lipinski definition) is 0. The summed E-state index contributed by atoms with van der Waals surface area (Å²) in [5.74, 6) is 20.0. The summed E-state index contributed by atoms with van der Waals surface area (Å²) < 4.78 is 0. The topological polar surface area (TPSA) is 0 Å². The quantitative estimate of drug-likeness (QED) is 0.152. The van der Waals surface area contributed by atoms with E-state index >= 15 is 0 Å². The lowest BCUT2D eigenvalue weighted by Crippen LogP contribution is -1.88. The Hall–Kier alpha value is -6.78. The maximum Gasteiger partial charge on any atom is 0.0249 e. The third-order valence-corrected chi connectivity index (χ3v) is 9.73. The number of benzene rings is 7. The Labute approximate surface area is 321 Å². The highest BCUT2D eigenvalue weighted by Crippen LogP contribution is 2.33. The second-order valence-electron chi connectivity index (χ2n) is 13.4. The van der Waals surface area contributed by atoms with E-state index in [0.717, 1.165) is 86.0 Å². The molecule has 0 heterocycles. The van der Waals surface area contributed by atoms with Gasteiger partial charge in [-0.15, -0.1) is 0 Å². The van der Waals surface area contributed by atoms with Gasteiger partial charge in [0.1, 0.15) is 0 Å². The molecule has 54 heavy (non-hydrogen) atoms. The van der Waals surface area contributed by atoms with Gasteiger partial charge in [-0.1, -0.05) is 129 Å². The van der Waals surface area contributed by atoms with E-state index in [1.54, 1.807) is 0 Å². The summed E-state index contributed by atoms with van der Waals surface area (Å²) in [5, 5.41) is 0. The fourth-order valence-electron chi connectivity index (χ4n) is 6.27. The summed E-state index contributed by atoms with van der Waals surface area (Å²) in [6, 6.07) is 58.0. The van der Waals surface area contributed by atoms with Crippen LogP contribution in [0.4, 0.5) is 0 Å². The Morgan fingerprint density at radius 3 is 0.611 bits per heavy atom. The Morgan fingerprint density at radius 1 is 0.241 bits per heavy atom. The molecule has 0 amide bonds. The smallest absolute Gasteiger partial charge is 0.0249 e. The zero-order valence-electron chi connectivity index (χ0n) is 31.2. The third kappa shape index (κ3) is 9.17. The lowest BCUT2D eigenvalue weighted by molar-refractivity contribution is 1.14. The van der Waals surface area contributed by atoms with Crippen molar-refractivity contribution in [2.24, 2.45) is 0 Å². The predicted octanol–water partition coefficient (Wildman–Crippen LogP) is 12.6. The van der Waals surface area contributed by atoms with Crippen LogP contribution < -0.4 is 0 Å².